The standard InChI is InChI=1S/C14H16N2O2/c15-16-14(11-7-8-17-9-11)10-1-3-12(4-2-10)18-13-5-6-13/h1-4,7-9,13-14,16H,5-6,15H2. The first-order valence-electron chi connectivity index (χ1n) is 6.11. The Morgan fingerprint density at radius 3 is 2.50 bits per heavy atom. The van der Waals surface area contributed by atoms with Gasteiger partial charge in [-0.1, -0.05) is 12.1 Å². The number of ether oxygens (including phenoxy) is 1. The molecule has 1 aliphatic carbocycles. The van der Waals surface area contributed by atoms with Gasteiger partial charge in [-0.3, -0.25) is 5.84 Å². The summed E-state index contributed by atoms with van der Waals surface area (Å²) in [4.78, 5) is 0. The van der Waals surface area contributed by atoms with Crippen molar-refractivity contribution in [2.75, 3.05) is 0 Å². The predicted molar refractivity (Wildman–Crippen MR) is 68.0 cm³/mol. The summed E-state index contributed by atoms with van der Waals surface area (Å²) in [6.07, 6.45) is 6.10. The van der Waals surface area contributed by atoms with Crippen LogP contribution in [0.5, 0.6) is 5.75 Å². The van der Waals surface area contributed by atoms with Gasteiger partial charge >= 0.3 is 0 Å². The van der Waals surface area contributed by atoms with E-state index in [2.05, 4.69) is 5.43 Å². The van der Waals surface area contributed by atoms with Gasteiger partial charge in [0.1, 0.15) is 5.75 Å². The van der Waals surface area contributed by atoms with E-state index in [4.69, 9.17) is 15.0 Å². The molecule has 3 rings (SSSR count). The predicted octanol–water partition coefficient (Wildman–Crippen LogP) is 2.37. The van der Waals surface area contributed by atoms with Gasteiger partial charge < -0.3 is 9.15 Å². The Morgan fingerprint density at radius 1 is 1.17 bits per heavy atom. The van der Waals surface area contributed by atoms with Crippen molar-refractivity contribution in [2.24, 2.45) is 5.84 Å². The van der Waals surface area contributed by atoms with Gasteiger partial charge in [-0.05, 0) is 36.6 Å². The van der Waals surface area contributed by atoms with Gasteiger partial charge in [-0.2, -0.15) is 0 Å². The van der Waals surface area contributed by atoms with Crippen LogP contribution >= 0.6 is 0 Å². The molecule has 2 aromatic rings. The molecule has 3 N–H and O–H groups in total. The summed E-state index contributed by atoms with van der Waals surface area (Å²) in [7, 11) is 0. The molecular formula is C14H16N2O2. The zero-order chi connectivity index (χ0) is 12.4. The smallest absolute Gasteiger partial charge is 0.119 e. The summed E-state index contributed by atoms with van der Waals surface area (Å²) < 4.78 is 10.8. The fraction of sp³-hybridized carbons (Fsp3) is 0.286. The first-order valence-corrected chi connectivity index (χ1v) is 6.11. The molecule has 0 radical (unpaired) electrons. The largest absolute Gasteiger partial charge is 0.490 e. The number of benzene rings is 1. The minimum absolute atomic E-state index is 0.0567. The normalized spacial score (nSPS) is 16.5. The average molecular weight is 244 g/mol. The third-order valence-corrected chi connectivity index (χ3v) is 3.08. The number of nitrogens with one attached hydrogen (secondary N) is 1. The van der Waals surface area contributed by atoms with Gasteiger partial charge in [-0.25, -0.2) is 5.43 Å². The molecule has 0 spiro atoms. The molecule has 94 valence electrons. The van der Waals surface area contributed by atoms with Crippen LogP contribution in [-0.2, 0) is 0 Å². The molecule has 1 aromatic heterocycles. The summed E-state index contributed by atoms with van der Waals surface area (Å²) in [6.45, 7) is 0. The maximum absolute atomic E-state index is 5.71. The lowest BCUT2D eigenvalue weighted by Crippen LogP contribution is -2.28. The van der Waals surface area contributed by atoms with Crippen molar-refractivity contribution >= 4 is 0 Å². The van der Waals surface area contributed by atoms with Crippen molar-refractivity contribution in [1.82, 2.24) is 5.43 Å². The first kappa shape index (κ1) is 11.3. The molecule has 1 atom stereocenters. The SMILES string of the molecule is NNC(c1ccc(OC2CC2)cc1)c1ccoc1. The third-order valence-electron chi connectivity index (χ3n) is 3.08. The van der Waals surface area contributed by atoms with E-state index in [9.17, 15) is 0 Å². The molecule has 1 fully saturated rings. The summed E-state index contributed by atoms with van der Waals surface area (Å²) in [5.41, 5.74) is 4.89. The molecule has 4 nitrogen and oxygen atoms in total. The highest BCUT2D eigenvalue weighted by Crippen LogP contribution is 2.28. The molecule has 1 aromatic carbocycles. The van der Waals surface area contributed by atoms with E-state index in [1.54, 1.807) is 12.5 Å². The summed E-state index contributed by atoms with van der Waals surface area (Å²) in [5, 5.41) is 0. The van der Waals surface area contributed by atoms with E-state index in [1.807, 2.05) is 30.3 Å². The van der Waals surface area contributed by atoms with E-state index in [-0.39, 0.29) is 6.04 Å². The molecule has 18 heavy (non-hydrogen) atoms. The van der Waals surface area contributed by atoms with Crippen molar-refractivity contribution < 1.29 is 9.15 Å². The molecule has 1 heterocycles. The first-order chi connectivity index (χ1) is 8.86. The summed E-state index contributed by atoms with van der Waals surface area (Å²) >= 11 is 0. The monoisotopic (exact) mass is 244 g/mol. The van der Waals surface area contributed by atoms with Gasteiger partial charge in [0.25, 0.3) is 0 Å². The topological polar surface area (TPSA) is 60.4 Å². The highest BCUT2D eigenvalue weighted by Gasteiger charge is 2.23. The van der Waals surface area contributed by atoms with E-state index < -0.39 is 0 Å². The minimum atomic E-state index is -0.0567. The van der Waals surface area contributed by atoms with Gasteiger partial charge in [0.05, 0.1) is 24.7 Å². The van der Waals surface area contributed by atoms with Crippen LogP contribution in [0.25, 0.3) is 0 Å². The lowest BCUT2D eigenvalue weighted by molar-refractivity contribution is 0.303. The Balaban J connectivity index is 1.77. The quantitative estimate of drug-likeness (QED) is 0.626. The molecule has 0 saturated heterocycles. The average Bonchev–Trinajstić information content (AvgIpc) is 3.05. The Morgan fingerprint density at radius 2 is 1.94 bits per heavy atom. The maximum Gasteiger partial charge on any atom is 0.119 e. The van der Waals surface area contributed by atoms with E-state index in [0.717, 1.165) is 16.9 Å². The minimum Gasteiger partial charge on any atom is -0.490 e. The van der Waals surface area contributed by atoms with Crippen molar-refractivity contribution in [3.63, 3.8) is 0 Å². The number of hydrogen-bond acceptors (Lipinski definition) is 4. The van der Waals surface area contributed by atoms with Crippen LogP contribution < -0.4 is 16.0 Å². The molecule has 1 unspecified atom stereocenters. The van der Waals surface area contributed by atoms with E-state index in [1.165, 1.54) is 12.8 Å². The van der Waals surface area contributed by atoms with Crippen LogP contribution in [0.15, 0.2) is 47.3 Å². The fourth-order valence-electron chi connectivity index (χ4n) is 1.94. The zero-order valence-electron chi connectivity index (χ0n) is 10.0. The van der Waals surface area contributed by atoms with Gasteiger partial charge in [0.15, 0.2) is 0 Å². The van der Waals surface area contributed by atoms with Crippen molar-refractivity contribution in [3.05, 3.63) is 54.0 Å². The lowest BCUT2D eigenvalue weighted by atomic mass is 10.0. The second-order valence-electron chi connectivity index (χ2n) is 4.54. The molecule has 1 aliphatic rings. The van der Waals surface area contributed by atoms with Crippen LogP contribution in [0, 0.1) is 0 Å². The molecular weight excluding hydrogens is 228 g/mol. The number of hydrogen-bond donors (Lipinski definition) is 2. The van der Waals surface area contributed by atoms with Crippen molar-refractivity contribution in [3.8, 4) is 5.75 Å². The fourth-order valence-corrected chi connectivity index (χ4v) is 1.94. The summed E-state index contributed by atoms with van der Waals surface area (Å²) in [6, 6.07) is 9.86. The number of furan rings is 1. The maximum atomic E-state index is 5.71. The van der Waals surface area contributed by atoms with Crippen LogP contribution in [0.2, 0.25) is 0 Å². The van der Waals surface area contributed by atoms with Crippen molar-refractivity contribution in [2.45, 2.75) is 25.0 Å². The van der Waals surface area contributed by atoms with Gasteiger partial charge in [-0.15, -0.1) is 0 Å². The van der Waals surface area contributed by atoms with E-state index >= 15 is 0 Å². The summed E-state index contributed by atoms with van der Waals surface area (Å²) in [5.74, 6) is 6.52. The van der Waals surface area contributed by atoms with Crippen molar-refractivity contribution in [1.29, 1.82) is 0 Å². The molecule has 1 saturated carbocycles. The van der Waals surface area contributed by atoms with Gasteiger partial charge in [0, 0.05) is 5.56 Å². The van der Waals surface area contributed by atoms with E-state index in [0.29, 0.717) is 6.10 Å². The highest BCUT2D eigenvalue weighted by atomic mass is 16.5. The van der Waals surface area contributed by atoms with Crippen LogP contribution in [0.3, 0.4) is 0 Å². The Labute approximate surface area is 106 Å². The molecule has 4 heteroatoms. The van der Waals surface area contributed by atoms with Crippen LogP contribution in [0.1, 0.15) is 30.0 Å². The molecule has 0 aliphatic heterocycles. The van der Waals surface area contributed by atoms with Crippen LogP contribution in [-0.4, -0.2) is 6.10 Å². The molecule has 0 bridgehead atoms. The van der Waals surface area contributed by atoms with Crippen LogP contribution in [0.4, 0.5) is 0 Å². The Bertz CT molecular complexity index is 489. The van der Waals surface area contributed by atoms with Gasteiger partial charge in [0.2, 0.25) is 0 Å². The third kappa shape index (κ3) is 2.39. The second kappa shape index (κ2) is 4.84. The zero-order valence-corrected chi connectivity index (χ0v) is 10.0. The Kier molecular flexibility index (Phi) is 3.04. The Hall–Kier alpha value is -1.78. The number of rotatable bonds is 5. The number of hydrazine groups is 1. The lowest BCUT2D eigenvalue weighted by Gasteiger charge is -2.15. The number of nitrogens with two attached hydrogens (primary N) is 1. The highest BCUT2D eigenvalue weighted by molar-refractivity contribution is 5.34. The molecule has 0 amide bonds. The second-order valence-corrected chi connectivity index (χ2v) is 4.54.